The molecular weight excluding hydrogens is 1530 g/mol. The molecule has 0 fully saturated rings. The summed E-state index contributed by atoms with van der Waals surface area (Å²) in [4.78, 5) is 104. The minimum Gasteiger partial charge on any atom is -0.493 e. The Morgan fingerprint density at radius 3 is 0.934 bits per heavy atom. The van der Waals surface area contributed by atoms with Crippen LogP contribution in [0.3, 0.4) is 0 Å². The predicted molar refractivity (Wildman–Crippen MR) is 530 cm³/mol. The summed E-state index contributed by atoms with van der Waals surface area (Å²) in [7, 11) is 0. The van der Waals surface area contributed by atoms with Crippen LogP contribution in [0, 0.1) is 99.5 Å². The lowest BCUT2D eigenvalue weighted by Gasteiger charge is -2.21. The van der Waals surface area contributed by atoms with Gasteiger partial charge in [-0.25, -0.2) is 9.59 Å². The van der Waals surface area contributed by atoms with Gasteiger partial charge in [-0.2, -0.15) is 0 Å². The average Bonchev–Trinajstić information content (AvgIpc) is 0.906. The van der Waals surface area contributed by atoms with Crippen LogP contribution in [0.5, 0.6) is 5.75 Å². The Morgan fingerprint density at radius 2 is 0.631 bits per heavy atom. The molecule has 0 unspecified atom stereocenters. The van der Waals surface area contributed by atoms with Gasteiger partial charge in [-0.1, -0.05) is 344 Å². The molecule has 0 atom stereocenters. The second-order valence-electron chi connectivity index (χ2n) is 46.2. The number of benzene rings is 1. The molecule has 0 bridgehead atoms. The van der Waals surface area contributed by atoms with E-state index in [0.29, 0.717) is 111 Å². The van der Waals surface area contributed by atoms with Crippen LogP contribution in [-0.2, 0) is 54.2 Å². The highest BCUT2D eigenvalue weighted by Gasteiger charge is 2.24. The Kier molecular flexibility index (Phi) is 80.3. The van der Waals surface area contributed by atoms with Gasteiger partial charge in [0.2, 0.25) is 29.5 Å². The topological polar surface area (TPSA) is 275 Å². The maximum Gasteiger partial charge on any atom is 0.407 e. The molecule has 0 spiro atoms. The SMILES string of the molecule is C.C.C.C.C.C.C.C.CC(C)(C)C#CCNC(=O)C(C)(C)C.CC(C)(C)C#CCNC(=O)COCC(C)(C)C.CC(C)(C)CC(=O)CCNC(=O)CC(C)(C)C.CC(C)(C)CNC(=O)CC(C)(C)C.CC(C)(C)CNC(=O)OCC(C)(C)C.CC(C)(C)CNC(=O)OCC(C)(C)C.CC(C)(C)COc1cccc(CC(=O)NCCC(=O)CC(C)(C)C)c1. The van der Waals surface area contributed by atoms with Crippen LogP contribution in [0.25, 0.3) is 0 Å². The van der Waals surface area contributed by atoms with Gasteiger partial charge in [-0.15, -0.1) is 0 Å². The van der Waals surface area contributed by atoms with E-state index in [9.17, 15) is 43.2 Å². The highest BCUT2D eigenvalue weighted by molar-refractivity contribution is 5.83. The summed E-state index contributed by atoms with van der Waals surface area (Å²) in [5, 5.41) is 19.5. The second-order valence-corrected chi connectivity index (χ2v) is 46.2. The van der Waals surface area contributed by atoms with E-state index in [1.165, 1.54) is 0 Å². The van der Waals surface area contributed by atoms with Crippen molar-refractivity contribution in [1.29, 1.82) is 0 Å². The molecule has 1 rings (SSSR count). The Bertz CT molecular complexity index is 2970. The molecule has 0 aliphatic carbocycles. The Morgan fingerprint density at radius 1 is 0.320 bits per heavy atom. The van der Waals surface area contributed by atoms with Gasteiger partial charge in [0.1, 0.15) is 23.9 Å². The van der Waals surface area contributed by atoms with Crippen molar-refractivity contribution in [2.45, 2.75) is 395 Å². The van der Waals surface area contributed by atoms with E-state index in [1.807, 2.05) is 190 Å². The predicted octanol–water partition coefficient (Wildman–Crippen LogP) is 24.8. The van der Waals surface area contributed by atoms with E-state index in [-0.39, 0.29) is 195 Å². The summed E-state index contributed by atoms with van der Waals surface area (Å²) in [6, 6.07) is 7.61. The number of hydrogen-bond acceptors (Lipinski definition) is 13. The molecule has 0 saturated heterocycles. The standard InChI is InChI=1S/C21H33NO3.C14H27NO2.C14H25NO2.C12H21NO.2C11H23NO2.C11H23NO.8CH4/c1-20(2,3)14-17(23)10-11-22-19(24)13-16-8-7-9-18(12-16)25-15-21(4,5)6;1-13(2,3)9-11(16)7-8-15-12(17)10-14(4,5)6;1-13(2,3)8-7-9-15-12(16)10-17-11-14(4,5)6;1-11(2,3)8-7-9-13-10(14)12(4,5)6;2*1-10(2,3)7-12-9(13)14-8-11(4,5)6;1-10(2,3)7-9(13)12-8-11(4,5)6;;;;;;;;/h7-9,12H,10-11,13-15H2,1-6H3,(H,22,24);7-10H2,1-6H3,(H,15,17);9-11H2,1-6H3,(H,15,16);9H2,1-6H3,(H,13,14);2*7-8H2,1-6H3,(H,12,13);7-8H2,1-6H3,(H,12,13);8*1H4. The summed E-state index contributed by atoms with van der Waals surface area (Å²) in [5.41, 5.74) is 1.28. The Hall–Kier alpha value is -6.67. The lowest BCUT2D eigenvalue weighted by molar-refractivity contribution is -0.128. The van der Waals surface area contributed by atoms with Gasteiger partial charge >= 0.3 is 12.2 Å². The minimum atomic E-state index is -0.330. The summed E-state index contributed by atoms with van der Waals surface area (Å²) in [6.07, 6.45) is 2.68. The smallest absolute Gasteiger partial charge is 0.407 e. The zero-order valence-electron chi connectivity index (χ0n) is 81.1. The zero-order valence-corrected chi connectivity index (χ0v) is 81.1. The molecule has 20 nitrogen and oxygen atoms in total. The molecule has 0 aliphatic heterocycles. The van der Waals surface area contributed by atoms with Gasteiger partial charge in [0.05, 0.1) is 45.9 Å². The van der Waals surface area contributed by atoms with E-state index in [0.717, 1.165) is 17.9 Å². The fraction of sp³-hybridized carbons (Fsp3) is 0.814. The first kappa shape index (κ1) is 147. The summed E-state index contributed by atoms with van der Waals surface area (Å²) >= 11 is 0. The second kappa shape index (κ2) is 66.7. The van der Waals surface area contributed by atoms with E-state index in [4.69, 9.17) is 18.9 Å². The van der Waals surface area contributed by atoms with Gasteiger partial charge < -0.3 is 56.2 Å². The number of rotatable bonds is 24. The summed E-state index contributed by atoms with van der Waals surface area (Å²) in [5.74, 6) is 13.2. The molecular formula is C102H207N7O13. The third-order valence-corrected chi connectivity index (χ3v) is 12.9. The Balaban J connectivity index is -0.0000000930. The molecule has 122 heavy (non-hydrogen) atoms. The van der Waals surface area contributed by atoms with Crippen molar-refractivity contribution in [2.75, 3.05) is 78.8 Å². The van der Waals surface area contributed by atoms with Gasteiger partial charge in [0, 0.05) is 87.5 Å². The number of alkyl carbamates (subject to hydrolysis) is 2. The van der Waals surface area contributed by atoms with Crippen LogP contribution in [0.4, 0.5) is 9.59 Å². The molecule has 7 amide bonds. The highest BCUT2D eigenvalue weighted by atomic mass is 16.6. The van der Waals surface area contributed by atoms with Crippen LogP contribution in [0.15, 0.2) is 24.3 Å². The van der Waals surface area contributed by atoms with E-state index < -0.39 is 0 Å². The maximum atomic E-state index is 12.0. The molecule has 0 aromatic heterocycles. The van der Waals surface area contributed by atoms with Gasteiger partial charge in [0.25, 0.3) is 0 Å². The van der Waals surface area contributed by atoms with Crippen molar-refractivity contribution in [3.63, 3.8) is 0 Å². The number of ether oxygens (including phenoxy) is 4. The van der Waals surface area contributed by atoms with Gasteiger partial charge in [-0.05, 0) is 119 Å². The zero-order chi connectivity index (χ0) is 91.2. The first-order valence-electron chi connectivity index (χ1n) is 41.0. The fourth-order valence-electron chi connectivity index (χ4n) is 7.78. The van der Waals surface area contributed by atoms with E-state index in [2.05, 4.69) is 186 Å². The van der Waals surface area contributed by atoms with Crippen molar-refractivity contribution in [3.8, 4) is 29.4 Å². The first-order chi connectivity index (χ1) is 50.5. The number of nitrogens with one attached hydrogen (secondary N) is 7. The van der Waals surface area contributed by atoms with Crippen molar-refractivity contribution in [2.24, 2.45) is 75.8 Å². The van der Waals surface area contributed by atoms with Crippen LogP contribution < -0.4 is 42.0 Å². The molecule has 0 saturated carbocycles. The van der Waals surface area contributed by atoms with Gasteiger partial charge in [0.15, 0.2) is 0 Å². The molecule has 7 N–H and O–H groups in total. The molecule has 20 heteroatoms. The van der Waals surface area contributed by atoms with Crippen molar-refractivity contribution < 1.29 is 62.1 Å². The van der Waals surface area contributed by atoms with Crippen LogP contribution in [-0.4, -0.2) is 132 Å². The third-order valence-electron chi connectivity index (χ3n) is 12.9. The van der Waals surface area contributed by atoms with Gasteiger partial charge in [-0.3, -0.25) is 33.6 Å². The van der Waals surface area contributed by atoms with Crippen LogP contribution >= 0.6 is 0 Å². The third kappa shape index (κ3) is 131. The summed E-state index contributed by atoms with van der Waals surface area (Å²) in [6.45, 7) is 91.9. The molecule has 0 heterocycles. The highest BCUT2D eigenvalue weighted by Crippen LogP contribution is 2.25. The summed E-state index contributed by atoms with van der Waals surface area (Å²) < 4.78 is 21.2. The maximum absolute atomic E-state index is 12.0. The Labute approximate surface area is 757 Å². The van der Waals surface area contributed by atoms with Crippen molar-refractivity contribution in [3.05, 3.63) is 29.8 Å². The van der Waals surface area contributed by atoms with Crippen molar-refractivity contribution >= 4 is 53.3 Å². The van der Waals surface area contributed by atoms with E-state index in [1.54, 1.807) is 0 Å². The average molecular weight is 1740 g/mol. The first-order valence-corrected chi connectivity index (χ1v) is 41.0. The number of hydrogen-bond donors (Lipinski definition) is 7. The molecule has 1 aromatic carbocycles. The molecule has 0 aliphatic rings. The molecule has 728 valence electrons. The number of carbonyl (C=O) groups is 9. The van der Waals surface area contributed by atoms with Crippen molar-refractivity contribution in [1.82, 2.24) is 37.2 Å². The number of ketones is 2. The normalized spacial score (nSPS) is 11.3. The van der Waals surface area contributed by atoms with E-state index >= 15 is 0 Å². The fourth-order valence-corrected chi connectivity index (χ4v) is 7.78. The minimum absolute atomic E-state index is 0. The number of carbonyl (C=O) groups excluding carboxylic acids is 9. The number of Topliss-reactive ketones (excluding diaryl/α,β-unsaturated/α-hetero) is 2. The molecule has 1 aromatic rings. The van der Waals surface area contributed by atoms with Crippen LogP contribution in [0.1, 0.15) is 394 Å². The van der Waals surface area contributed by atoms with Crippen LogP contribution in [0.2, 0.25) is 0 Å². The lowest BCUT2D eigenvalue weighted by Crippen LogP contribution is -2.34. The molecule has 0 radical (unpaired) electrons. The largest absolute Gasteiger partial charge is 0.493 e. The quantitative estimate of drug-likeness (QED) is 0.0475. The lowest BCUT2D eigenvalue weighted by atomic mass is 9.89. The number of amides is 7. The monoisotopic (exact) mass is 1740 g/mol.